The minimum atomic E-state index is -0.188. The van der Waals surface area contributed by atoms with Crippen molar-refractivity contribution in [1.29, 1.82) is 0 Å². The zero-order valence-corrected chi connectivity index (χ0v) is 9.58. The molecular formula is C11H16O2S. The first-order chi connectivity index (χ1) is 6.83. The van der Waals surface area contributed by atoms with Gasteiger partial charge < -0.3 is 9.47 Å². The second-order valence-electron chi connectivity index (χ2n) is 2.91. The summed E-state index contributed by atoms with van der Waals surface area (Å²) in [6.45, 7) is 0. The molecule has 1 unspecified atom stereocenters. The van der Waals surface area contributed by atoms with Gasteiger partial charge in [0.15, 0.2) is 6.29 Å². The lowest BCUT2D eigenvalue weighted by molar-refractivity contribution is -0.102. The van der Waals surface area contributed by atoms with Gasteiger partial charge in [-0.2, -0.15) is 11.8 Å². The van der Waals surface area contributed by atoms with Gasteiger partial charge in [-0.3, -0.25) is 0 Å². The van der Waals surface area contributed by atoms with E-state index in [9.17, 15) is 0 Å². The summed E-state index contributed by atoms with van der Waals surface area (Å²) in [4.78, 5) is 0. The van der Waals surface area contributed by atoms with Crippen molar-refractivity contribution < 1.29 is 9.47 Å². The minimum absolute atomic E-state index is 0.188. The molecule has 0 aliphatic heterocycles. The Morgan fingerprint density at radius 3 is 2.07 bits per heavy atom. The topological polar surface area (TPSA) is 18.5 Å². The number of benzene rings is 1. The van der Waals surface area contributed by atoms with Gasteiger partial charge in [-0.1, -0.05) is 30.3 Å². The van der Waals surface area contributed by atoms with Crippen molar-refractivity contribution in [1.82, 2.24) is 0 Å². The molecule has 2 nitrogen and oxygen atoms in total. The summed E-state index contributed by atoms with van der Waals surface area (Å²) in [6.07, 6.45) is 1.87. The molecule has 0 spiro atoms. The van der Waals surface area contributed by atoms with Crippen LogP contribution in [0.25, 0.3) is 0 Å². The average molecular weight is 212 g/mol. The number of hydrogen-bond acceptors (Lipinski definition) is 3. The van der Waals surface area contributed by atoms with Gasteiger partial charge in [-0.05, 0) is 11.8 Å². The Morgan fingerprint density at radius 2 is 1.64 bits per heavy atom. The van der Waals surface area contributed by atoms with Gasteiger partial charge in [0.1, 0.15) is 0 Å². The number of hydrogen-bond donors (Lipinski definition) is 0. The lowest BCUT2D eigenvalue weighted by Gasteiger charge is -2.23. The standard InChI is InChI=1S/C11H16O2S/c1-12-11(13-2)10(14-3)9-7-5-4-6-8-9/h4-8,10-11H,1-3H3. The van der Waals surface area contributed by atoms with Gasteiger partial charge in [0.25, 0.3) is 0 Å². The summed E-state index contributed by atoms with van der Waals surface area (Å²) in [5.41, 5.74) is 1.23. The molecule has 1 rings (SSSR count). The van der Waals surface area contributed by atoms with Crippen LogP contribution >= 0.6 is 11.8 Å². The molecule has 0 saturated heterocycles. The fourth-order valence-corrected chi connectivity index (χ4v) is 2.26. The van der Waals surface area contributed by atoms with Crippen LogP contribution in [0.5, 0.6) is 0 Å². The molecule has 3 heteroatoms. The summed E-state index contributed by atoms with van der Waals surface area (Å²) in [7, 11) is 3.33. The third-order valence-electron chi connectivity index (χ3n) is 2.09. The Hall–Kier alpha value is -0.510. The normalized spacial score (nSPS) is 13.1. The second-order valence-corrected chi connectivity index (χ2v) is 3.89. The molecule has 1 aromatic carbocycles. The summed E-state index contributed by atoms with van der Waals surface area (Å²) >= 11 is 1.73. The van der Waals surface area contributed by atoms with E-state index in [0.717, 1.165) is 0 Å². The maximum atomic E-state index is 5.26. The van der Waals surface area contributed by atoms with Crippen LogP contribution in [0.2, 0.25) is 0 Å². The Morgan fingerprint density at radius 1 is 1.07 bits per heavy atom. The van der Waals surface area contributed by atoms with Crippen molar-refractivity contribution >= 4 is 11.8 Å². The molecule has 0 fully saturated rings. The molecule has 1 atom stereocenters. The Kier molecular flexibility index (Phi) is 5.01. The van der Waals surface area contributed by atoms with Crippen molar-refractivity contribution in [2.75, 3.05) is 20.5 Å². The van der Waals surface area contributed by atoms with E-state index in [1.165, 1.54) is 5.56 Å². The number of ether oxygens (including phenoxy) is 2. The van der Waals surface area contributed by atoms with Crippen molar-refractivity contribution in [3.05, 3.63) is 35.9 Å². The van der Waals surface area contributed by atoms with Gasteiger partial charge in [0, 0.05) is 14.2 Å². The number of thioether (sulfide) groups is 1. The van der Waals surface area contributed by atoms with Gasteiger partial charge >= 0.3 is 0 Å². The first-order valence-corrected chi connectivity index (χ1v) is 5.75. The van der Waals surface area contributed by atoms with E-state index in [1.807, 2.05) is 18.2 Å². The molecule has 0 heterocycles. The van der Waals surface area contributed by atoms with E-state index in [0.29, 0.717) is 0 Å². The molecule has 0 radical (unpaired) electrons. The van der Waals surface area contributed by atoms with Gasteiger partial charge in [0.05, 0.1) is 5.25 Å². The van der Waals surface area contributed by atoms with Crippen LogP contribution in [0.1, 0.15) is 10.8 Å². The smallest absolute Gasteiger partial charge is 0.172 e. The van der Waals surface area contributed by atoms with Crippen molar-refractivity contribution in [3.8, 4) is 0 Å². The molecular weight excluding hydrogens is 196 g/mol. The molecule has 0 N–H and O–H groups in total. The van der Waals surface area contributed by atoms with Crippen LogP contribution in [0, 0.1) is 0 Å². The van der Waals surface area contributed by atoms with Crippen molar-refractivity contribution in [3.63, 3.8) is 0 Å². The molecule has 0 aromatic heterocycles. The zero-order chi connectivity index (χ0) is 10.4. The maximum absolute atomic E-state index is 5.26. The van der Waals surface area contributed by atoms with Crippen LogP contribution in [0.4, 0.5) is 0 Å². The summed E-state index contributed by atoms with van der Waals surface area (Å²) < 4.78 is 10.5. The fraction of sp³-hybridized carbons (Fsp3) is 0.455. The molecule has 1 aromatic rings. The van der Waals surface area contributed by atoms with Crippen LogP contribution in [-0.4, -0.2) is 26.8 Å². The van der Waals surface area contributed by atoms with Crippen LogP contribution < -0.4 is 0 Å². The van der Waals surface area contributed by atoms with Gasteiger partial charge in [-0.25, -0.2) is 0 Å². The van der Waals surface area contributed by atoms with Crippen LogP contribution in [0.15, 0.2) is 30.3 Å². The third kappa shape index (κ3) is 2.74. The number of rotatable bonds is 5. The van der Waals surface area contributed by atoms with E-state index >= 15 is 0 Å². The minimum Gasteiger partial charge on any atom is -0.354 e. The highest BCUT2D eigenvalue weighted by Crippen LogP contribution is 2.31. The molecule has 0 aliphatic rings. The largest absolute Gasteiger partial charge is 0.354 e. The average Bonchev–Trinajstić information content (AvgIpc) is 2.27. The Labute approximate surface area is 89.6 Å². The first kappa shape index (κ1) is 11.6. The highest BCUT2D eigenvalue weighted by molar-refractivity contribution is 7.98. The summed E-state index contributed by atoms with van der Waals surface area (Å²) in [5.74, 6) is 0. The summed E-state index contributed by atoms with van der Waals surface area (Å²) in [5, 5.41) is 0.228. The SMILES string of the molecule is COC(OC)C(SC)c1ccccc1. The van der Waals surface area contributed by atoms with Crippen molar-refractivity contribution in [2.24, 2.45) is 0 Å². The van der Waals surface area contributed by atoms with E-state index < -0.39 is 0 Å². The fourth-order valence-electron chi connectivity index (χ4n) is 1.39. The Bertz CT molecular complexity index is 247. The predicted octanol–water partition coefficient (Wildman–Crippen LogP) is 2.71. The molecule has 0 bridgehead atoms. The van der Waals surface area contributed by atoms with E-state index in [2.05, 4.69) is 18.4 Å². The molecule has 78 valence electrons. The van der Waals surface area contributed by atoms with E-state index in [-0.39, 0.29) is 11.5 Å². The van der Waals surface area contributed by atoms with Gasteiger partial charge in [0.2, 0.25) is 0 Å². The summed E-state index contributed by atoms with van der Waals surface area (Å²) in [6, 6.07) is 10.2. The van der Waals surface area contributed by atoms with Crippen LogP contribution in [-0.2, 0) is 9.47 Å². The Balaban J connectivity index is 2.81. The van der Waals surface area contributed by atoms with Crippen LogP contribution in [0.3, 0.4) is 0 Å². The molecule has 0 saturated carbocycles. The predicted molar refractivity (Wildman–Crippen MR) is 60.5 cm³/mol. The van der Waals surface area contributed by atoms with E-state index in [1.54, 1.807) is 26.0 Å². The first-order valence-electron chi connectivity index (χ1n) is 4.46. The molecule has 0 aliphatic carbocycles. The molecule has 14 heavy (non-hydrogen) atoms. The van der Waals surface area contributed by atoms with E-state index in [4.69, 9.17) is 9.47 Å². The highest BCUT2D eigenvalue weighted by atomic mass is 32.2. The lowest BCUT2D eigenvalue weighted by Crippen LogP contribution is -2.20. The van der Waals surface area contributed by atoms with Crippen molar-refractivity contribution in [2.45, 2.75) is 11.5 Å². The van der Waals surface area contributed by atoms with Gasteiger partial charge in [-0.15, -0.1) is 0 Å². The monoisotopic (exact) mass is 212 g/mol. The highest BCUT2D eigenvalue weighted by Gasteiger charge is 2.21. The quantitative estimate of drug-likeness (QED) is 0.699. The molecule has 0 amide bonds. The lowest BCUT2D eigenvalue weighted by atomic mass is 10.1. The second kappa shape index (κ2) is 6.06. The third-order valence-corrected chi connectivity index (χ3v) is 3.10. The number of methoxy groups -OCH3 is 2. The maximum Gasteiger partial charge on any atom is 0.172 e. The zero-order valence-electron chi connectivity index (χ0n) is 8.77.